The number of amides is 1. The number of nitrogens with zero attached hydrogens (tertiary/aromatic N) is 4. The van der Waals surface area contributed by atoms with Crippen molar-refractivity contribution in [2.75, 3.05) is 13.2 Å². The van der Waals surface area contributed by atoms with Crippen LogP contribution in [0, 0.1) is 0 Å². The van der Waals surface area contributed by atoms with Crippen LogP contribution in [0.3, 0.4) is 0 Å². The molecule has 0 saturated carbocycles. The van der Waals surface area contributed by atoms with Gasteiger partial charge in [0.2, 0.25) is 5.90 Å². The van der Waals surface area contributed by atoms with Crippen LogP contribution in [0.1, 0.15) is 40.3 Å². The van der Waals surface area contributed by atoms with E-state index in [0.29, 0.717) is 35.3 Å². The fraction of sp³-hybridized carbons (Fsp3) is 0.235. The van der Waals surface area contributed by atoms with Crippen molar-refractivity contribution in [2.45, 2.75) is 37.6 Å². The predicted octanol–water partition coefficient (Wildman–Crippen LogP) is 7.49. The molecule has 0 aromatic heterocycles. The standard InChI is InChI=1S/C34H31BrClN5O4/c35-30-12-4-3-11-29(30)31-34(20-25-8-1-2-9-26(25)22-39-41-37,33(43)38-21-23-7-5-10-27(36)19-23)40-32(45-31)24-13-15-28(16-14-24)44-18-6-17-42/h1-5,7-16,19,31,42H,6,17-18,20-22H2,(H,38,43)/t31-,34-/m1/s1. The molecule has 0 bridgehead atoms. The van der Waals surface area contributed by atoms with E-state index in [9.17, 15) is 4.79 Å². The van der Waals surface area contributed by atoms with Gasteiger partial charge in [0.1, 0.15) is 5.75 Å². The molecule has 2 N–H and O–H groups in total. The van der Waals surface area contributed by atoms with Crippen LogP contribution in [0.5, 0.6) is 5.75 Å². The molecule has 0 saturated heterocycles. The summed E-state index contributed by atoms with van der Waals surface area (Å²) in [6.07, 6.45) is -0.113. The molecule has 11 heteroatoms. The summed E-state index contributed by atoms with van der Waals surface area (Å²) in [7, 11) is 0. The second-order valence-corrected chi connectivity index (χ2v) is 11.7. The van der Waals surface area contributed by atoms with E-state index in [2.05, 4.69) is 31.3 Å². The number of ether oxygens (including phenoxy) is 2. The number of carbonyl (C=O) groups excluding carboxylic acids is 1. The van der Waals surface area contributed by atoms with Crippen LogP contribution in [0.25, 0.3) is 10.4 Å². The highest BCUT2D eigenvalue weighted by atomic mass is 79.9. The van der Waals surface area contributed by atoms with Gasteiger partial charge in [-0.05, 0) is 64.7 Å². The Labute approximate surface area is 274 Å². The third-order valence-electron chi connectivity index (χ3n) is 7.44. The number of nitrogens with one attached hydrogen (secondary N) is 1. The first-order chi connectivity index (χ1) is 21.9. The average molecular weight is 689 g/mol. The highest BCUT2D eigenvalue weighted by Gasteiger charge is 2.54. The van der Waals surface area contributed by atoms with Crippen molar-refractivity contribution in [3.63, 3.8) is 0 Å². The van der Waals surface area contributed by atoms with Gasteiger partial charge in [0.15, 0.2) is 11.6 Å². The Morgan fingerprint density at radius 3 is 2.56 bits per heavy atom. The predicted molar refractivity (Wildman–Crippen MR) is 177 cm³/mol. The minimum atomic E-state index is -1.44. The first kappa shape index (κ1) is 32.1. The van der Waals surface area contributed by atoms with Crippen molar-refractivity contribution in [1.82, 2.24) is 5.32 Å². The van der Waals surface area contributed by atoms with E-state index in [1.165, 1.54) is 0 Å². The summed E-state index contributed by atoms with van der Waals surface area (Å²) in [5, 5.41) is 16.5. The Morgan fingerprint density at radius 1 is 1.07 bits per heavy atom. The lowest BCUT2D eigenvalue weighted by atomic mass is 9.81. The summed E-state index contributed by atoms with van der Waals surface area (Å²) in [5.41, 5.74) is 11.4. The van der Waals surface area contributed by atoms with Crippen molar-refractivity contribution in [3.8, 4) is 5.75 Å². The van der Waals surface area contributed by atoms with Gasteiger partial charge in [-0.2, -0.15) is 0 Å². The lowest BCUT2D eigenvalue weighted by molar-refractivity contribution is -0.129. The van der Waals surface area contributed by atoms with E-state index in [0.717, 1.165) is 26.7 Å². The molecule has 2 atom stereocenters. The molecule has 1 heterocycles. The smallest absolute Gasteiger partial charge is 0.252 e. The zero-order valence-electron chi connectivity index (χ0n) is 24.3. The molecule has 1 aliphatic rings. The second-order valence-electron chi connectivity index (χ2n) is 10.5. The third kappa shape index (κ3) is 7.67. The number of carbonyl (C=O) groups is 1. The molecule has 1 aliphatic heterocycles. The highest BCUT2D eigenvalue weighted by molar-refractivity contribution is 9.10. The molecule has 1 amide bonds. The van der Waals surface area contributed by atoms with Crippen LogP contribution in [-0.2, 0) is 29.0 Å². The molecule has 5 rings (SSSR count). The first-order valence-electron chi connectivity index (χ1n) is 14.4. The molecule has 45 heavy (non-hydrogen) atoms. The van der Waals surface area contributed by atoms with E-state index in [1.54, 1.807) is 24.3 Å². The van der Waals surface area contributed by atoms with Gasteiger partial charge in [0.25, 0.3) is 5.91 Å². The van der Waals surface area contributed by atoms with Crippen LogP contribution in [0.4, 0.5) is 0 Å². The molecule has 9 nitrogen and oxygen atoms in total. The van der Waals surface area contributed by atoms with Gasteiger partial charge in [-0.3, -0.25) is 4.79 Å². The molecule has 230 valence electrons. The van der Waals surface area contributed by atoms with E-state index in [-0.39, 0.29) is 32.0 Å². The molecule has 0 spiro atoms. The number of aliphatic hydroxyl groups is 1. The van der Waals surface area contributed by atoms with Gasteiger partial charge >= 0.3 is 0 Å². The number of halogens is 2. The highest BCUT2D eigenvalue weighted by Crippen LogP contribution is 2.45. The first-order valence-corrected chi connectivity index (χ1v) is 15.6. The molecular weight excluding hydrogens is 658 g/mol. The molecule has 0 radical (unpaired) electrons. The molecule has 0 unspecified atom stereocenters. The van der Waals surface area contributed by atoms with Crippen LogP contribution in [-0.4, -0.2) is 35.7 Å². The number of hydrogen-bond donors (Lipinski definition) is 2. The summed E-state index contributed by atoms with van der Waals surface area (Å²) in [6, 6.07) is 29.7. The van der Waals surface area contributed by atoms with Gasteiger partial charge in [0.05, 0.1) is 13.2 Å². The van der Waals surface area contributed by atoms with Crippen molar-refractivity contribution >= 4 is 39.3 Å². The topological polar surface area (TPSA) is 129 Å². The lowest BCUT2D eigenvalue weighted by Crippen LogP contribution is -2.50. The van der Waals surface area contributed by atoms with Gasteiger partial charge in [-0.1, -0.05) is 87.2 Å². The van der Waals surface area contributed by atoms with Crippen LogP contribution >= 0.6 is 27.5 Å². The summed E-state index contributed by atoms with van der Waals surface area (Å²) in [6.45, 7) is 0.797. The quantitative estimate of drug-likeness (QED) is 0.0653. The van der Waals surface area contributed by atoms with E-state index in [4.69, 9.17) is 36.7 Å². The van der Waals surface area contributed by atoms with Gasteiger partial charge in [0, 0.05) is 51.5 Å². The summed E-state index contributed by atoms with van der Waals surface area (Å²) >= 11 is 9.89. The van der Waals surface area contributed by atoms with Gasteiger partial charge in [-0.15, -0.1) is 0 Å². The van der Waals surface area contributed by atoms with Gasteiger partial charge < -0.3 is 19.9 Å². The third-order valence-corrected chi connectivity index (χ3v) is 8.40. The molecule has 0 aliphatic carbocycles. The minimum Gasteiger partial charge on any atom is -0.494 e. The zero-order valence-corrected chi connectivity index (χ0v) is 26.6. The maximum atomic E-state index is 14.6. The minimum absolute atomic E-state index is 0.0482. The van der Waals surface area contributed by atoms with Crippen molar-refractivity contribution < 1.29 is 19.4 Å². The van der Waals surface area contributed by atoms with Crippen LogP contribution in [0.2, 0.25) is 5.02 Å². The Bertz CT molecular complexity index is 1730. The maximum absolute atomic E-state index is 14.6. The SMILES string of the molecule is [N-]=[N+]=NCc1ccccc1C[C@@]1(C(=O)NCc2cccc(Cl)c2)N=C(c2ccc(OCCCO)cc2)O[C@@H]1c1ccccc1Br. The summed E-state index contributed by atoms with van der Waals surface area (Å²) in [5.74, 6) is 0.620. The van der Waals surface area contributed by atoms with Gasteiger partial charge in [-0.25, -0.2) is 4.99 Å². The summed E-state index contributed by atoms with van der Waals surface area (Å²) < 4.78 is 13.1. The van der Waals surface area contributed by atoms with Crippen LogP contribution < -0.4 is 10.1 Å². The zero-order chi connectivity index (χ0) is 31.6. The number of aliphatic imine (C=N–C) groups is 1. The normalized spacial score (nSPS) is 17.1. The Hall–Kier alpha value is -4.34. The van der Waals surface area contributed by atoms with E-state index in [1.807, 2.05) is 72.8 Å². The molecule has 4 aromatic rings. The number of hydrogen-bond acceptors (Lipinski definition) is 6. The monoisotopic (exact) mass is 687 g/mol. The summed E-state index contributed by atoms with van der Waals surface area (Å²) in [4.78, 5) is 22.6. The molecule has 4 aromatic carbocycles. The van der Waals surface area contributed by atoms with Crippen molar-refractivity contribution in [1.29, 1.82) is 0 Å². The number of aliphatic hydroxyl groups excluding tert-OH is 1. The fourth-order valence-electron chi connectivity index (χ4n) is 5.21. The Morgan fingerprint density at radius 2 is 1.82 bits per heavy atom. The number of rotatable bonds is 13. The largest absolute Gasteiger partial charge is 0.494 e. The van der Waals surface area contributed by atoms with Crippen molar-refractivity contribution in [3.05, 3.63) is 145 Å². The second kappa shape index (κ2) is 15.1. The Balaban J connectivity index is 1.60. The lowest BCUT2D eigenvalue weighted by Gasteiger charge is -2.32. The number of benzene rings is 4. The Kier molecular flexibility index (Phi) is 10.8. The van der Waals surface area contributed by atoms with Crippen molar-refractivity contribution in [2.24, 2.45) is 10.1 Å². The molecule has 0 fully saturated rings. The average Bonchev–Trinajstić information content (AvgIpc) is 3.44. The fourth-order valence-corrected chi connectivity index (χ4v) is 5.92. The number of azide groups is 1. The van der Waals surface area contributed by atoms with E-state index < -0.39 is 11.6 Å². The maximum Gasteiger partial charge on any atom is 0.252 e. The van der Waals surface area contributed by atoms with E-state index >= 15 is 0 Å². The van der Waals surface area contributed by atoms with Crippen LogP contribution in [0.15, 0.2) is 112 Å². The molecular formula is C34H31BrClN5O4.